The minimum absolute atomic E-state index is 0.0964. The van der Waals surface area contributed by atoms with E-state index in [9.17, 15) is 5.11 Å². The van der Waals surface area contributed by atoms with Gasteiger partial charge in [-0.15, -0.1) is 0 Å². The Labute approximate surface area is 155 Å². The standard InChI is InChI=1S/C23H27NO2/c1-14-4-3-5-15(2)19(14)21-20(22(26-24-21)16-6-7-16)17-12-23(13-17)10-8-18(25)9-11-23/h3-5,12,16,18,25H,6-11,13H2,1-2H3. The van der Waals surface area contributed by atoms with Gasteiger partial charge in [0.2, 0.25) is 0 Å². The van der Waals surface area contributed by atoms with Crippen molar-refractivity contribution in [3.8, 4) is 11.3 Å². The van der Waals surface area contributed by atoms with E-state index in [0.717, 1.165) is 43.6 Å². The number of aromatic nitrogens is 1. The molecule has 1 heterocycles. The molecule has 3 heteroatoms. The molecular weight excluding hydrogens is 322 g/mol. The van der Waals surface area contributed by atoms with Gasteiger partial charge in [0.15, 0.2) is 0 Å². The van der Waals surface area contributed by atoms with Crippen molar-refractivity contribution in [2.75, 3.05) is 0 Å². The number of nitrogens with zero attached hydrogens (tertiary/aromatic N) is 1. The van der Waals surface area contributed by atoms with Gasteiger partial charge in [-0.05, 0) is 80.9 Å². The highest BCUT2D eigenvalue weighted by molar-refractivity contribution is 5.86. The van der Waals surface area contributed by atoms with Gasteiger partial charge in [0.1, 0.15) is 11.5 Å². The van der Waals surface area contributed by atoms with E-state index in [2.05, 4.69) is 43.3 Å². The first-order valence-electron chi connectivity index (χ1n) is 10.0. The van der Waals surface area contributed by atoms with E-state index >= 15 is 0 Å². The molecule has 1 aromatic heterocycles. The average Bonchev–Trinajstić information content (AvgIpc) is 3.35. The third-order valence-electron chi connectivity index (χ3n) is 6.68. The molecule has 1 aromatic carbocycles. The van der Waals surface area contributed by atoms with Crippen molar-refractivity contribution < 1.29 is 9.63 Å². The van der Waals surface area contributed by atoms with Crippen molar-refractivity contribution in [1.29, 1.82) is 0 Å². The van der Waals surface area contributed by atoms with E-state index < -0.39 is 0 Å². The maximum absolute atomic E-state index is 9.84. The lowest BCUT2D eigenvalue weighted by Gasteiger charge is -2.44. The lowest BCUT2D eigenvalue weighted by molar-refractivity contribution is 0.0808. The SMILES string of the molecule is Cc1cccc(C)c1-c1noc(C2CC2)c1C1=CC2(CCC(O)CC2)C1. The predicted octanol–water partition coefficient (Wildman–Crippen LogP) is 5.54. The van der Waals surface area contributed by atoms with Crippen LogP contribution < -0.4 is 0 Å². The summed E-state index contributed by atoms with van der Waals surface area (Å²) in [6, 6.07) is 6.44. The van der Waals surface area contributed by atoms with Crippen LogP contribution in [0.4, 0.5) is 0 Å². The van der Waals surface area contributed by atoms with Crippen LogP contribution in [-0.2, 0) is 0 Å². The van der Waals surface area contributed by atoms with Gasteiger partial charge in [0.25, 0.3) is 0 Å². The van der Waals surface area contributed by atoms with Crippen LogP contribution in [-0.4, -0.2) is 16.4 Å². The Morgan fingerprint density at radius 3 is 2.31 bits per heavy atom. The minimum Gasteiger partial charge on any atom is -0.393 e. The molecular formula is C23H27NO2. The fourth-order valence-electron chi connectivity index (χ4n) is 4.97. The Morgan fingerprint density at radius 2 is 1.69 bits per heavy atom. The Morgan fingerprint density at radius 1 is 1.04 bits per heavy atom. The predicted molar refractivity (Wildman–Crippen MR) is 103 cm³/mol. The summed E-state index contributed by atoms with van der Waals surface area (Å²) in [5.41, 5.74) is 7.81. The van der Waals surface area contributed by atoms with Crippen LogP contribution in [0.25, 0.3) is 16.8 Å². The molecule has 0 unspecified atom stereocenters. The Balaban J connectivity index is 1.58. The average molecular weight is 349 g/mol. The van der Waals surface area contributed by atoms with Crippen molar-refractivity contribution in [3.05, 3.63) is 46.7 Å². The van der Waals surface area contributed by atoms with E-state index in [1.54, 1.807) is 0 Å². The largest absolute Gasteiger partial charge is 0.393 e. The van der Waals surface area contributed by atoms with Gasteiger partial charge in [0.05, 0.1) is 6.10 Å². The highest BCUT2D eigenvalue weighted by atomic mass is 16.5. The van der Waals surface area contributed by atoms with Crippen LogP contribution in [0.15, 0.2) is 28.8 Å². The van der Waals surface area contributed by atoms with Crippen LogP contribution in [0.2, 0.25) is 0 Å². The molecule has 0 bridgehead atoms. The third kappa shape index (κ3) is 2.56. The Hall–Kier alpha value is -1.87. The lowest BCUT2D eigenvalue weighted by atomic mass is 9.61. The Kier molecular flexibility index (Phi) is 3.65. The highest BCUT2D eigenvalue weighted by Gasteiger charge is 2.43. The van der Waals surface area contributed by atoms with Gasteiger partial charge in [0, 0.05) is 17.0 Å². The summed E-state index contributed by atoms with van der Waals surface area (Å²) in [5.74, 6) is 1.67. The van der Waals surface area contributed by atoms with E-state index in [1.807, 2.05) is 0 Å². The van der Waals surface area contributed by atoms with E-state index in [0.29, 0.717) is 11.3 Å². The second-order valence-corrected chi connectivity index (χ2v) is 8.75. The zero-order valence-electron chi connectivity index (χ0n) is 15.7. The summed E-state index contributed by atoms with van der Waals surface area (Å²) in [6.45, 7) is 4.33. The van der Waals surface area contributed by atoms with Crippen molar-refractivity contribution in [2.24, 2.45) is 5.41 Å². The summed E-state index contributed by atoms with van der Waals surface area (Å²) in [5, 5.41) is 14.4. The summed E-state index contributed by atoms with van der Waals surface area (Å²) in [4.78, 5) is 0. The van der Waals surface area contributed by atoms with Gasteiger partial charge in [-0.25, -0.2) is 0 Å². The molecule has 0 radical (unpaired) electrons. The van der Waals surface area contributed by atoms with E-state index in [-0.39, 0.29) is 6.10 Å². The minimum atomic E-state index is -0.0964. The lowest BCUT2D eigenvalue weighted by Crippen LogP contribution is -2.33. The molecule has 0 atom stereocenters. The number of hydrogen-bond acceptors (Lipinski definition) is 3. The van der Waals surface area contributed by atoms with Crippen LogP contribution in [0.5, 0.6) is 0 Å². The van der Waals surface area contributed by atoms with E-state index in [1.165, 1.54) is 40.7 Å². The molecule has 3 nitrogen and oxygen atoms in total. The number of aliphatic hydroxyl groups is 1. The molecule has 26 heavy (non-hydrogen) atoms. The number of aliphatic hydroxyl groups excluding tert-OH is 1. The molecule has 136 valence electrons. The van der Waals surface area contributed by atoms with Crippen molar-refractivity contribution in [1.82, 2.24) is 5.16 Å². The van der Waals surface area contributed by atoms with Gasteiger partial charge in [-0.2, -0.15) is 0 Å². The molecule has 2 fully saturated rings. The zero-order chi connectivity index (χ0) is 17.9. The third-order valence-corrected chi connectivity index (χ3v) is 6.68. The van der Waals surface area contributed by atoms with Gasteiger partial charge in [-0.1, -0.05) is 29.4 Å². The monoisotopic (exact) mass is 349 g/mol. The number of benzene rings is 1. The van der Waals surface area contributed by atoms with Crippen LogP contribution in [0.1, 0.15) is 73.3 Å². The zero-order valence-corrected chi connectivity index (χ0v) is 15.7. The molecule has 2 saturated carbocycles. The second-order valence-electron chi connectivity index (χ2n) is 8.75. The molecule has 0 aliphatic heterocycles. The molecule has 2 aromatic rings. The maximum atomic E-state index is 9.84. The van der Waals surface area contributed by atoms with Crippen LogP contribution in [0.3, 0.4) is 0 Å². The van der Waals surface area contributed by atoms with Crippen molar-refractivity contribution in [2.45, 2.75) is 70.8 Å². The fourth-order valence-corrected chi connectivity index (χ4v) is 4.97. The summed E-state index contributed by atoms with van der Waals surface area (Å²) < 4.78 is 5.90. The van der Waals surface area contributed by atoms with Gasteiger partial charge >= 0.3 is 0 Å². The smallest absolute Gasteiger partial charge is 0.147 e. The molecule has 0 saturated heterocycles. The molecule has 3 aliphatic rings. The quantitative estimate of drug-likeness (QED) is 0.791. The maximum Gasteiger partial charge on any atom is 0.147 e. The first-order valence-corrected chi connectivity index (χ1v) is 10.0. The first kappa shape index (κ1) is 16.3. The Bertz CT molecular complexity index is 859. The molecule has 1 spiro atoms. The first-order chi connectivity index (χ1) is 12.6. The fraction of sp³-hybridized carbons (Fsp3) is 0.522. The van der Waals surface area contributed by atoms with Gasteiger partial charge < -0.3 is 9.63 Å². The summed E-state index contributed by atoms with van der Waals surface area (Å²) >= 11 is 0. The van der Waals surface area contributed by atoms with Crippen LogP contribution in [0, 0.1) is 19.3 Å². The topological polar surface area (TPSA) is 46.3 Å². The number of rotatable bonds is 3. The second kappa shape index (κ2) is 5.82. The number of aryl methyl sites for hydroxylation is 2. The normalized spacial score (nSPS) is 28.1. The molecule has 0 amide bonds. The summed E-state index contributed by atoms with van der Waals surface area (Å²) in [6.07, 6.45) is 10.0. The summed E-state index contributed by atoms with van der Waals surface area (Å²) in [7, 11) is 0. The van der Waals surface area contributed by atoms with Crippen molar-refractivity contribution in [3.63, 3.8) is 0 Å². The van der Waals surface area contributed by atoms with Crippen LogP contribution >= 0.6 is 0 Å². The number of hydrogen-bond donors (Lipinski definition) is 1. The molecule has 1 N–H and O–H groups in total. The molecule has 5 rings (SSSR count). The van der Waals surface area contributed by atoms with E-state index in [4.69, 9.17) is 4.52 Å². The van der Waals surface area contributed by atoms with Gasteiger partial charge in [-0.3, -0.25) is 0 Å². The number of allylic oxidation sites excluding steroid dienone is 2. The highest BCUT2D eigenvalue weighted by Crippen LogP contribution is 2.57. The molecule has 3 aliphatic carbocycles. The van der Waals surface area contributed by atoms with Crippen molar-refractivity contribution >= 4 is 5.57 Å².